The summed E-state index contributed by atoms with van der Waals surface area (Å²) in [4.78, 5) is 12.1. The summed E-state index contributed by atoms with van der Waals surface area (Å²) < 4.78 is 0. The van der Waals surface area contributed by atoms with Crippen molar-refractivity contribution in [3.05, 3.63) is 0 Å². The summed E-state index contributed by atoms with van der Waals surface area (Å²) in [5, 5.41) is 10.1. The Balaban J connectivity index is 3.29. The van der Waals surface area contributed by atoms with Gasteiger partial charge in [-0.15, -0.1) is 0 Å². The summed E-state index contributed by atoms with van der Waals surface area (Å²) in [5.41, 5.74) is 0. The minimum atomic E-state index is -0.404. The van der Waals surface area contributed by atoms with Crippen LogP contribution >= 0.6 is 0 Å². The highest BCUT2D eigenvalue weighted by atomic mass is 16.3. The van der Waals surface area contributed by atoms with Gasteiger partial charge in [-0.25, -0.2) is 0 Å². The van der Waals surface area contributed by atoms with E-state index in [1.807, 2.05) is 0 Å². The average Bonchev–Trinajstić information content (AvgIpc) is 2.78. The van der Waals surface area contributed by atoms with Crippen LogP contribution in [0.3, 0.4) is 0 Å². The summed E-state index contributed by atoms with van der Waals surface area (Å²) in [5.74, 6) is 0.271. The van der Waals surface area contributed by atoms with E-state index in [1.54, 1.807) is 0 Å². The molecule has 0 saturated heterocycles. The lowest BCUT2D eigenvalue weighted by Crippen LogP contribution is -2.13. The molecule has 32 heavy (non-hydrogen) atoms. The number of ketones is 1. The van der Waals surface area contributed by atoms with Crippen LogP contribution in [-0.2, 0) is 4.79 Å². The molecule has 0 aromatic heterocycles. The van der Waals surface area contributed by atoms with E-state index in [0.717, 1.165) is 19.3 Å². The second-order valence-corrected chi connectivity index (χ2v) is 10.4. The normalized spacial score (nSPS) is 12.3. The minimum Gasteiger partial charge on any atom is -0.393 e. The van der Waals surface area contributed by atoms with Gasteiger partial charge in [0.05, 0.1) is 6.10 Å². The van der Waals surface area contributed by atoms with Gasteiger partial charge in [-0.2, -0.15) is 0 Å². The highest BCUT2D eigenvalue weighted by Gasteiger charge is 2.10. The molecule has 0 bridgehead atoms. The van der Waals surface area contributed by atoms with Crippen molar-refractivity contribution in [2.45, 2.75) is 187 Å². The number of aliphatic hydroxyl groups excluding tert-OH is 1. The molecule has 0 amide bonds. The standard InChI is InChI=1S/C30H60O2/c1-3-5-7-9-11-13-15-16-17-19-21-23-25-27-30(32)28-29(31)26-24-22-20-18-14-12-10-8-6-4-2/h29,31H,3-28H2,1-2H3. The number of rotatable bonds is 27. The van der Waals surface area contributed by atoms with Gasteiger partial charge in [-0.1, -0.05) is 155 Å². The number of carbonyl (C=O) groups excluding carboxylic acids is 1. The van der Waals surface area contributed by atoms with E-state index >= 15 is 0 Å². The van der Waals surface area contributed by atoms with Gasteiger partial charge in [0.1, 0.15) is 5.78 Å². The Bertz CT molecular complexity index is 366. The van der Waals surface area contributed by atoms with E-state index in [2.05, 4.69) is 13.8 Å². The first-order chi connectivity index (χ1) is 15.7. The third-order valence-electron chi connectivity index (χ3n) is 6.91. The second kappa shape index (κ2) is 26.9. The molecule has 0 heterocycles. The Morgan fingerprint density at radius 1 is 0.500 bits per heavy atom. The average molecular weight is 453 g/mol. The van der Waals surface area contributed by atoms with Crippen molar-refractivity contribution in [2.24, 2.45) is 0 Å². The fraction of sp³-hybridized carbons (Fsp3) is 0.967. The van der Waals surface area contributed by atoms with Crippen molar-refractivity contribution in [1.82, 2.24) is 0 Å². The SMILES string of the molecule is CCCCCCCCCCCCCCCC(=O)CC(O)CCCCCCCCCCCC. The van der Waals surface area contributed by atoms with E-state index in [4.69, 9.17) is 0 Å². The molecule has 2 heteroatoms. The number of hydrogen-bond acceptors (Lipinski definition) is 2. The third-order valence-corrected chi connectivity index (χ3v) is 6.91. The Morgan fingerprint density at radius 3 is 1.19 bits per heavy atom. The van der Waals surface area contributed by atoms with Gasteiger partial charge >= 0.3 is 0 Å². The zero-order valence-electron chi connectivity index (χ0n) is 22.3. The van der Waals surface area contributed by atoms with Crippen molar-refractivity contribution in [1.29, 1.82) is 0 Å². The molecule has 0 radical (unpaired) electrons. The molecule has 0 fully saturated rings. The van der Waals surface area contributed by atoms with Crippen LogP contribution in [0.4, 0.5) is 0 Å². The van der Waals surface area contributed by atoms with Crippen LogP contribution in [0.1, 0.15) is 181 Å². The van der Waals surface area contributed by atoms with Crippen molar-refractivity contribution < 1.29 is 9.90 Å². The van der Waals surface area contributed by atoms with E-state index in [0.29, 0.717) is 12.8 Å². The Labute approximate surface area is 202 Å². The molecule has 192 valence electrons. The first-order valence-electron chi connectivity index (χ1n) is 14.9. The molecule has 0 aliphatic carbocycles. The number of unbranched alkanes of at least 4 members (excludes halogenated alkanes) is 21. The molecule has 0 saturated carbocycles. The van der Waals surface area contributed by atoms with E-state index < -0.39 is 6.10 Å². The molecule has 1 N–H and O–H groups in total. The van der Waals surface area contributed by atoms with Crippen LogP contribution in [0.15, 0.2) is 0 Å². The van der Waals surface area contributed by atoms with Gasteiger partial charge in [0.25, 0.3) is 0 Å². The monoisotopic (exact) mass is 452 g/mol. The number of hydrogen-bond donors (Lipinski definition) is 1. The Hall–Kier alpha value is -0.370. The third kappa shape index (κ3) is 25.9. The van der Waals surface area contributed by atoms with Crippen LogP contribution in [0.25, 0.3) is 0 Å². The molecular formula is C30H60O2. The van der Waals surface area contributed by atoms with Gasteiger partial charge in [-0.3, -0.25) is 4.79 Å². The van der Waals surface area contributed by atoms with Crippen LogP contribution in [0.2, 0.25) is 0 Å². The fourth-order valence-corrected chi connectivity index (χ4v) is 4.67. The van der Waals surface area contributed by atoms with E-state index in [1.165, 1.54) is 135 Å². The van der Waals surface area contributed by atoms with Crippen LogP contribution in [-0.4, -0.2) is 17.0 Å². The molecule has 1 unspecified atom stereocenters. The summed E-state index contributed by atoms with van der Waals surface area (Å²) in [6.07, 6.45) is 32.0. The van der Waals surface area contributed by atoms with E-state index in [-0.39, 0.29) is 5.78 Å². The molecule has 1 atom stereocenters. The Kier molecular flexibility index (Phi) is 26.6. The van der Waals surface area contributed by atoms with Gasteiger partial charge in [0, 0.05) is 12.8 Å². The second-order valence-electron chi connectivity index (χ2n) is 10.4. The fourth-order valence-electron chi connectivity index (χ4n) is 4.67. The van der Waals surface area contributed by atoms with Crippen LogP contribution in [0, 0.1) is 0 Å². The lowest BCUT2D eigenvalue weighted by atomic mass is 10.0. The zero-order chi connectivity index (χ0) is 23.5. The van der Waals surface area contributed by atoms with Crippen molar-refractivity contribution in [3.8, 4) is 0 Å². The molecule has 0 rings (SSSR count). The zero-order valence-corrected chi connectivity index (χ0v) is 22.3. The van der Waals surface area contributed by atoms with Gasteiger partial charge in [0.2, 0.25) is 0 Å². The maximum Gasteiger partial charge on any atom is 0.135 e. The summed E-state index contributed by atoms with van der Waals surface area (Å²) >= 11 is 0. The van der Waals surface area contributed by atoms with Crippen LogP contribution < -0.4 is 0 Å². The number of Topliss-reactive ketones (excluding diaryl/α,β-unsaturated/α-hetero) is 1. The summed E-state index contributed by atoms with van der Waals surface area (Å²) in [7, 11) is 0. The molecule has 0 aliphatic heterocycles. The summed E-state index contributed by atoms with van der Waals surface area (Å²) in [6, 6.07) is 0. The lowest BCUT2D eigenvalue weighted by molar-refractivity contribution is -0.121. The van der Waals surface area contributed by atoms with Gasteiger partial charge in [-0.05, 0) is 12.8 Å². The molecule has 0 aromatic rings. The highest BCUT2D eigenvalue weighted by molar-refractivity contribution is 5.78. The molecule has 0 spiro atoms. The molecule has 2 nitrogen and oxygen atoms in total. The maximum atomic E-state index is 12.1. The van der Waals surface area contributed by atoms with Crippen molar-refractivity contribution in [3.63, 3.8) is 0 Å². The van der Waals surface area contributed by atoms with Gasteiger partial charge < -0.3 is 5.11 Å². The smallest absolute Gasteiger partial charge is 0.135 e. The Morgan fingerprint density at radius 2 is 0.812 bits per heavy atom. The molecule has 0 aliphatic rings. The first-order valence-corrected chi connectivity index (χ1v) is 14.9. The summed E-state index contributed by atoms with van der Waals surface area (Å²) in [6.45, 7) is 4.54. The minimum absolute atomic E-state index is 0.271. The van der Waals surface area contributed by atoms with Crippen LogP contribution in [0.5, 0.6) is 0 Å². The number of carbonyl (C=O) groups is 1. The number of aliphatic hydroxyl groups is 1. The van der Waals surface area contributed by atoms with Gasteiger partial charge in [0.15, 0.2) is 0 Å². The first kappa shape index (κ1) is 31.6. The largest absolute Gasteiger partial charge is 0.393 e. The quantitative estimate of drug-likeness (QED) is 0.126. The topological polar surface area (TPSA) is 37.3 Å². The van der Waals surface area contributed by atoms with E-state index in [9.17, 15) is 9.90 Å². The predicted molar refractivity (Wildman–Crippen MR) is 142 cm³/mol. The van der Waals surface area contributed by atoms with Crippen molar-refractivity contribution >= 4 is 5.78 Å². The maximum absolute atomic E-state index is 12.1. The predicted octanol–water partition coefficient (Wildman–Crippen LogP) is 10.1. The highest BCUT2D eigenvalue weighted by Crippen LogP contribution is 2.15. The lowest BCUT2D eigenvalue weighted by Gasteiger charge is -2.10. The molecule has 0 aromatic carbocycles. The molecular weight excluding hydrogens is 392 g/mol. The van der Waals surface area contributed by atoms with Crippen molar-refractivity contribution in [2.75, 3.05) is 0 Å².